The number of carbonyl (C=O) groups is 1. The smallest absolute Gasteiger partial charge is 0.248 e. The summed E-state index contributed by atoms with van der Waals surface area (Å²) in [6.07, 6.45) is 1.81. The van der Waals surface area contributed by atoms with Crippen LogP contribution < -0.4 is 11.1 Å². The highest BCUT2D eigenvalue weighted by atomic mass is 16.5. The van der Waals surface area contributed by atoms with Gasteiger partial charge in [-0.1, -0.05) is 24.3 Å². The predicted octanol–water partition coefficient (Wildman–Crippen LogP) is 0.806. The van der Waals surface area contributed by atoms with Gasteiger partial charge in [-0.2, -0.15) is 0 Å². The zero-order chi connectivity index (χ0) is 19.7. The Morgan fingerprint density at radius 2 is 2.19 bits per heavy atom. The standard InChI is InChI=1S/C20H32N4O3/c1-20(2)15-23-18(13-27-20)12-26-14-19(25)24(3)11-17-6-4-16(5-7-17)10-22-9-8-21/h4-7,10,18,23H,8-9,11-15,21H2,1-3H3/t18-/m1/s1. The lowest BCUT2D eigenvalue weighted by Gasteiger charge is -2.35. The predicted molar refractivity (Wildman–Crippen MR) is 107 cm³/mol. The number of hydrogen-bond acceptors (Lipinski definition) is 6. The maximum atomic E-state index is 12.2. The molecule has 1 aromatic carbocycles. The molecule has 0 aromatic heterocycles. The summed E-state index contributed by atoms with van der Waals surface area (Å²) in [5.41, 5.74) is 7.36. The summed E-state index contributed by atoms with van der Waals surface area (Å²) in [6, 6.07) is 8.10. The van der Waals surface area contributed by atoms with Gasteiger partial charge in [0.25, 0.3) is 0 Å². The third-order valence-electron chi connectivity index (χ3n) is 4.36. The third kappa shape index (κ3) is 7.76. The first-order chi connectivity index (χ1) is 12.9. The zero-order valence-electron chi connectivity index (χ0n) is 16.6. The minimum absolute atomic E-state index is 0.0411. The number of benzene rings is 1. The molecule has 0 radical (unpaired) electrons. The van der Waals surface area contributed by atoms with Crippen LogP contribution in [0, 0.1) is 0 Å². The number of rotatable bonds is 9. The molecule has 1 saturated heterocycles. The highest BCUT2D eigenvalue weighted by molar-refractivity contribution is 5.79. The normalized spacial score (nSPS) is 19.3. The molecule has 7 nitrogen and oxygen atoms in total. The van der Waals surface area contributed by atoms with Gasteiger partial charge >= 0.3 is 0 Å². The lowest BCUT2D eigenvalue weighted by Crippen LogP contribution is -2.53. The van der Waals surface area contributed by atoms with E-state index < -0.39 is 0 Å². The molecular formula is C20H32N4O3. The number of carbonyl (C=O) groups excluding carboxylic acids is 1. The molecule has 1 aromatic rings. The van der Waals surface area contributed by atoms with Crippen molar-refractivity contribution in [2.75, 3.05) is 46.5 Å². The van der Waals surface area contributed by atoms with Crippen molar-refractivity contribution in [3.8, 4) is 0 Å². The number of morpholine rings is 1. The van der Waals surface area contributed by atoms with Crippen molar-refractivity contribution in [2.45, 2.75) is 32.0 Å². The van der Waals surface area contributed by atoms with Gasteiger partial charge in [0, 0.05) is 32.9 Å². The summed E-state index contributed by atoms with van der Waals surface area (Å²) in [6.45, 7) is 7.73. The fourth-order valence-electron chi connectivity index (χ4n) is 2.65. The molecule has 0 aliphatic carbocycles. The lowest BCUT2D eigenvalue weighted by atomic mass is 10.1. The van der Waals surface area contributed by atoms with Crippen LogP contribution in [0.15, 0.2) is 29.3 Å². The van der Waals surface area contributed by atoms with Crippen molar-refractivity contribution in [1.29, 1.82) is 0 Å². The molecule has 0 spiro atoms. The van der Waals surface area contributed by atoms with Crippen molar-refractivity contribution in [1.82, 2.24) is 10.2 Å². The molecule has 1 atom stereocenters. The lowest BCUT2D eigenvalue weighted by molar-refractivity contribution is -0.136. The van der Waals surface area contributed by atoms with Gasteiger partial charge in [-0.25, -0.2) is 0 Å². The molecule has 7 heteroatoms. The van der Waals surface area contributed by atoms with Crippen LogP contribution in [-0.2, 0) is 20.8 Å². The number of nitrogens with two attached hydrogens (primary N) is 1. The van der Waals surface area contributed by atoms with Crippen LogP contribution >= 0.6 is 0 Å². The number of amides is 1. The summed E-state index contributed by atoms with van der Waals surface area (Å²) in [7, 11) is 1.78. The van der Waals surface area contributed by atoms with E-state index >= 15 is 0 Å². The van der Waals surface area contributed by atoms with E-state index in [9.17, 15) is 4.79 Å². The summed E-state index contributed by atoms with van der Waals surface area (Å²) in [4.78, 5) is 18.1. The van der Waals surface area contributed by atoms with E-state index in [0.29, 0.717) is 32.8 Å². The largest absolute Gasteiger partial charge is 0.373 e. The second-order valence-electron chi connectivity index (χ2n) is 7.48. The Balaban J connectivity index is 1.69. The van der Waals surface area contributed by atoms with Gasteiger partial charge in [0.2, 0.25) is 5.91 Å². The van der Waals surface area contributed by atoms with Crippen LogP contribution in [0.1, 0.15) is 25.0 Å². The van der Waals surface area contributed by atoms with Gasteiger partial charge in [0.05, 0.1) is 31.4 Å². The molecule has 1 amide bonds. The van der Waals surface area contributed by atoms with E-state index in [0.717, 1.165) is 17.7 Å². The van der Waals surface area contributed by atoms with E-state index in [2.05, 4.69) is 24.2 Å². The van der Waals surface area contributed by atoms with Crippen LogP contribution in [0.4, 0.5) is 0 Å². The van der Waals surface area contributed by atoms with Crippen LogP contribution in [0.3, 0.4) is 0 Å². The molecule has 2 rings (SSSR count). The van der Waals surface area contributed by atoms with Crippen molar-refractivity contribution in [3.05, 3.63) is 35.4 Å². The van der Waals surface area contributed by atoms with Crippen molar-refractivity contribution in [2.24, 2.45) is 10.7 Å². The maximum absolute atomic E-state index is 12.2. The van der Waals surface area contributed by atoms with Gasteiger partial charge in [-0.3, -0.25) is 9.79 Å². The van der Waals surface area contributed by atoms with E-state index in [-0.39, 0.29) is 24.2 Å². The molecule has 3 N–H and O–H groups in total. The number of nitrogens with one attached hydrogen (secondary N) is 1. The number of aliphatic imine (C=N–C) groups is 1. The Hall–Kier alpha value is -1.80. The minimum Gasteiger partial charge on any atom is -0.373 e. The van der Waals surface area contributed by atoms with E-state index in [4.69, 9.17) is 15.2 Å². The van der Waals surface area contributed by atoms with E-state index in [1.54, 1.807) is 11.9 Å². The summed E-state index contributed by atoms with van der Waals surface area (Å²) < 4.78 is 11.3. The molecule has 1 aliphatic heterocycles. The Kier molecular flexibility index (Phi) is 8.37. The second kappa shape index (κ2) is 10.5. The summed E-state index contributed by atoms with van der Waals surface area (Å²) >= 11 is 0. The number of nitrogens with zero attached hydrogens (tertiary/aromatic N) is 2. The highest BCUT2D eigenvalue weighted by Crippen LogP contribution is 2.13. The van der Waals surface area contributed by atoms with E-state index in [1.165, 1.54) is 0 Å². The van der Waals surface area contributed by atoms with Crippen LogP contribution in [0.2, 0.25) is 0 Å². The SMILES string of the molecule is CN(Cc1ccc(C=NCCN)cc1)C(=O)COC[C@@H]1COC(C)(C)CN1. The first-order valence-corrected chi connectivity index (χ1v) is 9.37. The highest BCUT2D eigenvalue weighted by Gasteiger charge is 2.27. The quantitative estimate of drug-likeness (QED) is 0.623. The Bertz CT molecular complexity index is 606. The molecule has 1 fully saturated rings. The number of likely N-dealkylation sites (N-methyl/N-ethyl adjacent to an activating group) is 1. The van der Waals surface area contributed by atoms with Crippen molar-refractivity contribution >= 4 is 12.1 Å². The minimum atomic E-state index is -0.141. The second-order valence-corrected chi connectivity index (χ2v) is 7.48. The Labute approximate surface area is 161 Å². The Morgan fingerprint density at radius 1 is 1.44 bits per heavy atom. The van der Waals surface area contributed by atoms with Crippen LogP contribution in [0.25, 0.3) is 0 Å². The molecule has 27 heavy (non-hydrogen) atoms. The first kappa shape index (κ1) is 21.5. The number of ether oxygens (including phenoxy) is 2. The van der Waals surface area contributed by atoms with Gasteiger partial charge in [-0.15, -0.1) is 0 Å². The molecule has 0 bridgehead atoms. The molecule has 0 unspecified atom stereocenters. The maximum Gasteiger partial charge on any atom is 0.248 e. The molecule has 1 heterocycles. The topological polar surface area (TPSA) is 89.2 Å². The zero-order valence-corrected chi connectivity index (χ0v) is 16.6. The van der Waals surface area contributed by atoms with Gasteiger partial charge in [0.1, 0.15) is 6.61 Å². The number of hydrogen-bond donors (Lipinski definition) is 2. The average molecular weight is 377 g/mol. The van der Waals surface area contributed by atoms with Crippen LogP contribution in [0.5, 0.6) is 0 Å². The fraction of sp³-hybridized carbons (Fsp3) is 0.600. The van der Waals surface area contributed by atoms with Crippen LogP contribution in [-0.4, -0.2) is 75.2 Å². The summed E-state index contributed by atoms with van der Waals surface area (Å²) in [5.74, 6) is -0.0411. The van der Waals surface area contributed by atoms with Gasteiger partial charge in [-0.05, 0) is 25.0 Å². The average Bonchev–Trinajstić information content (AvgIpc) is 2.64. The van der Waals surface area contributed by atoms with Crippen molar-refractivity contribution in [3.63, 3.8) is 0 Å². The Morgan fingerprint density at radius 3 is 2.81 bits per heavy atom. The van der Waals surface area contributed by atoms with E-state index in [1.807, 2.05) is 30.5 Å². The molecule has 1 aliphatic rings. The first-order valence-electron chi connectivity index (χ1n) is 9.37. The third-order valence-corrected chi connectivity index (χ3v) is 4.36. The fourth-order valence-corrected chi connectivity index (χ4v) is 2.65. The molecule has 150 valence electrons. The monoisotopic (exact) mass is 376 g/mol. The van der Waals surface area contributed by atoms with Gasteiger partial charge in [0.15, 0.2) is 0 Å². The molecule has 0 saturated carbocycles. The summed E-state index contributed by atoms with van der Waals surface area (Å²) in [5, 5.41) is 3.38. The molecular weight excluding hydrogens is 344 g/mol. The van der Waals surface area contributed by atoms with Crippen molar-refractivity contribution < 1.29 is 14.3 Å². The van der Waals surface area contributed by atoms with Gasteiger partial charge < -0.3 is 25.4 Å².